The zero-order chi connectivity index (χ0) is 13.8. The second kappa shape index (κ2) is 5.86. The molecule has 1 aromatic rings. The minimum absolute atomic E-state index is 0.171. The highest BCUT2D eigenvalue weighted by atomic mass is 79.9. The van der Waals surface area contributed by atoms with Crippen LogP contribution in [0.3, 0.4) is 0 Å². The molecular formula is C12H14BrNO4. The minimum Gasteiger partial charge on any atom is -0.480 e. The number of rotatable bonds is 4. The number of halogens is 1. The van der Waals surface area contributed by atoms with Gasteiger partial charge in [-0.15, -0.1) is 0 Å². The average molecular weight is 316 g/mol. The monoisotopic (exact) mass is 315 g/mol. The average Bonchev–Trinajstić information content (AvgIpc) is 2.31. The maximum Gasteiger partial charge on any atom is 0.407 e. The Hall–Kier alpha value is -1.56. The molecule has 6 heteroatoms. The highest BCUT2D eigenvalue weighted by molar-refractivity contribution is 9.10. The molecule has 0 spiro atoms. The number of hydrogen-bond donors (Lipinski definition) is 2. The largest absolute Gasteiger partial charge is 0.480 e. The molecule has 0 aliphatic heterocycles. The molecule has 0 fully saturated rings. The second-order valence-electron chi connectivity index (χ2n) is 4.06. The first-order valence-electron chi connectivity index (χ1n) is 5.21. The molecule has 0 saturated heterocycles. The minimum atomic E-state index is -1.40. The lowest BCUT2D eigenvalue weighted by molar-refractivity contribution is -0.143. The Kier molecular flexibility index (Phi) is 4.72. The molecule has 0 aliphatic carbocycles. The van der Waals surface area contributed by atoms with Crippen LogP contribution < -0.4 is 5.32 Å². The standard InChI is InChI=1S/C12H14BrNO4/c1-12(10(15)16,14-11(17)18-2)7-8-3-5-9(13)6-4-8/h3-6H,7H2,1-2H3,(H,14,17)(H,15,16). The second-order valence-corrected chi connectivity index (χ2v) is 4.97. The van der Waals surface area contributed by atoms with E-state index in [1.54, 1.807) is 12.1 Å². The fraction of sp³-hybridized carbons (Fsp3) is 0.333. The summed E-state index contributed by atoms with van der Waals surface area (Å²) in [5.74, 6) is -1.11. The Morgan fingerprint density at radius 3 is 2.39 bits per heavy atom. The Balaban J connectivity index is 2.89. The van der Waals surface area contributed by atoms with Crippen molar-refractivity contribution in [1.82, 2.24) is 5.32 Å². The van der Waals surface area contributed by atoms with Crippen LogP contribution in [0.2, 0.25) is 0 Å². The molecule has 0 heterocycles. The number of carbonyl (C=O) groups excluding carboxylic acids is 1. The lowest BCUT2D eigenvalue weighted by Crippen LogP contribution is -2.53. The number of aliphatic carboxylic acids is 1. The Labute approximate surface area is 113 Å². The molecule has 1 unspecified atom stereocenters. The van der Waals surface area contributed by atoms with E-state index in [-0.39, 0.29) is 6.42 Å². The van der Waals surface area contributed by atoms with Crippen molar-refractivity contribution in [2.24, 2.45) is 0 Å². The highest BCUT2D eigenvalue weighted by Crippen LogP contribution is 2.17. The highest BCUT2D eigenvalue weighted by Gasteiger charge is 2.35. The first-order chi connectivity index (χ1) is 8.37. The molecule has 0 bridgehead atoms. The summed E-state index contributed by atoms with van der Waals surface area (Å²) in [6.07, 6.45) is -0.595. The SMILES string of the molecule is COC(=O)NC(C)(Cc1ccc(Br)cc1)C(=O)O. The summed E-state index contributed by atoms with van der Waals surface area (Å²) < 4.78 is 5.34. The molecule has 1 atom stereocenters. The van der Waals surface area contributed by atoms with Gasteiger partial charge in [0.25, 0.3) is 0 Å². The summed E-state index contributed by atoms with van der Waals surface area (Å²) in [7, 11) is 1.19. The van der Waals surface area contributed by atoms with Crippen molar-refractivity contribution in [3.8, 4) is 0 Å². The molecule has 1 rings (SSSR count). The van der Waals surface area contributed by atoms with Crippen molar-refractivity contribution < 1.29 is 19.4 Å². The van der Waals surface area contributed by atoms with Crippen LogP contribution >= 0.6 is 15.9 Å². The number of carboxylic acids is 1. The quantitative estimate of drug-likeness (QED) is 0.893. The normalized spacial score (nSPS) is 13.5. The van der Waals surface area contributed by atoms with Crippen LogP contribution in [0.1, 0.15) is 12.5 Å². The van der Waals surface area contributed by atoms with Crippen LogP contribution in [0.25, 0.3) is 0 Å². The van der Waals surface area contributed by atoms with Gasteiger partial charge in [0.2, 0.25) is 0 Å². The number of amides is 1. The smallest absolute Gasteiger partial charge is 0.407 e. The topological polar surface area (TPSA) is 75.6 Å². The Morgan fingerprint density at radius 1 is 1.39 bits per heavy atom. The molecule has 1 aromatic carbocycles. The number of nitrogens with one attached hydrogen (secondary N) is 1. The van der Waals surface area contributed by atoms with E-state index in [0.29, 0.717) is 0 Å². The third-order valence-corrected chi connectivity index (χ3v) is 3.03. The van der Waals surface area contributed by atoms with Crippen molar-refractivity contribution in [3.05, 3.63) is 34.3 Å². The molecular weight excluding hydrogens is 302 g/mol. The van der Waals surface area contributed by atoms with E-state index < -0.39 is 17.6 Å². The van der Waals surface area contributed by atoms with Gasteiger partial charge in [0.15, 0.2) is 0 Å². The van der Waals surface area contributed by atoms with Crippen LogP contribution in [-0.4, -0.2) is 29.8 Å². The van der Waals surface area contributed by atoms with E-state index in [1.165, 1.54) is 14.0 Å². The van der Waals surface area contributed by atoms with Crippen LogP contribution in [0.4, 0.5) is 4.79 Å². The van der Waals surface area contributed by atoms with E-state index in [9.17, 15) is 14.7 Å². The molecule has 0 aliphatic rings. The lowest BCUT2D eigenvalue weighted by atomic mass is 9.93. The Morgan fingerprint density at radius 2 is 1.94 bits per heavy atom. The molecule has 0 aromatic heterocycles. The summed E-state index contributed by atoms with van der Waals surface area (Å²) in [6, 6.07) is 7.22. The van der Waals surface area contributed by atoms with Gasteiger partial charge in [0.1, 0.15) is 5.54 Å². The van der Waals surface area contributed by atoms with Gasteiger partial charge >= 0.3 is 12.1 Å². The Bertz CT molecular complexity index is 446. The first-order valence-corrected chi connectivity index (χ1v) is 6.00. The van der Waals surface area contributed by atoms with Crippen molar-refractivity contribution in [3.63, 3.8) is 0 Å². The number of benzene rings is 1. The van der Waals surface area contributed by atoms with Crippen LogP contribution in [0, 0.1) is 0 Å². The lowest BCUT2D eigenvalue weighted by Gasteiger charge is -2.25. The molecule has 0 saturated carbocycles. The summed E-state index contributed by atoms with van der Waals surface area (Å²) in [5, 5.41) is 11.5. The van der Waals surface area contributed by atoms with Crippen molar-refractivity contribution in [1.29, 1.82) is 0 Å². The van der Waals surface area contributed by atoms with Crippen molar-refractivity contribution in [2.75, 3.05) is 7.11 Å². The van der Waals surface area contributed by atoms with E-state index in [2.05, 4.69) is 26.0 Å². The predicted octanol–water partition coefficient (Wildman–Crippen LogP) is 2.19. The third kappa shape index (κ3) is 3.73. The molecule has 1 amide bonds. The molecule has 2 N–H and O–H groups in total. The fourth-order valence-corrected chi connectivity index (χ4v) is 1.72. The summed E-state index contributed by atoms with van der Waals surface area (Å²) in [6.45, 7) is 1.44. The van der Waals surface area contributed by atoms with Gasteiger partial charge in [-0.05, 0) is 24.6 Å². The van der Waals surface area contributed by atoms with Gasteiger partial charge in [-0.1, -0.05) is 28.1 Å². The van der Waals surface area contributed by atoms with Gasteiger partial charge in [0.05, 0.1) is 7.11 Å². The maximum atomic E-state index is 11.3. The van der Waals surface area contributed by atoms with Crippen LogP contribution in [0.5, 0.6) is 0 Å². The number of alkyl carbamates (subject to hydrolysis) is 1. The fourth-order valence-electron chi connectivity index (χ4n) is 1.46. The number of carboxylic acid groups (broad SMARTS) is 1. The van der Waals surface area contributed by atoms with E-state index >= 15 is 0 Å². The molecule has 5 nitrogen and oxygen atoms in total. The number of carbonyl (C=O) groups is 2. The summed E-state index contributed by atoms with van der Waals surface area (Å²) >= 11 is 3.30. The number of methoxy groups -OCH3 is 1. The number of hydrogen-bond acceptors (Lipinski definition) is 3. The van der Waals surface area contributed by atoms with Crippen LogP contribution in [-0.2, 0) is 16.0 Å². The zero-order valence-corrected chi connectivity index (χ0v) is 11.7. The van der Waals surface area contributed by atoms with Gasteiger partial charge in [-0.2, -0.15) is 0 Å². The van der Waals surface area contributed by atoms with Crippen LogP contribution in [0.15, 0.2) is 28.7 Å². The molecule has 0 radical (unpaired) electrons. The van der Waals surface area contributed by atoms with Gasteiger partial charge < -0.3 is 15.2 Å². The maximum absolute atomic E-state index is 11.3. The number of ether oxygens (including phenoxy) is 1. The zero-order valence-electron chi connectivity index (χ0n) is 10.1. The van der Waals surface area contributed by atoms with E-state index in [0.717, 1.165) is 10.0 Å². The molecule has 98 valence electrons. The van der Waals surface area contributed by atoms with Gasteiger partial charge in [0, 0.05) is 10.9 Å². The molecule has 18 heavy (non-hydrogen) atoms. The van der Waals surface area contributed by atoms with Crippen molar-refractivity contribution in [2.45, 2.75) is 18.9 Å². The summed E-state index contributed by atoms with van der Waals surface area (Å²) in [5.41, 5.74) is -0.597. The third-order valence-electron chi connectivity index (χ3n) is 2.51. The predicted molar refractivity (Wildman–Crippen MR) is 69.4 cm³/mol. The van der Waals surface area contributed by atoms with Crippen molar-refractivity contribution >= 4 is 28.0 Å². The van der Waals surface area contributed by atoms with E-state index in [1.807, 2.05) is 12.1 Å². The first kappa shape index (κ1) is 14.5. The summed E-state index contributed by atoms with van der Waals surface area (Å²) in [4.78, 5) is 22.4. The van der Waals surface area contributed by atoms with E-state index in [4.69, 9.17) is 0 Å². The van der Waals surface area contributed by atoms with Gasteiger partial charge in [-0.25, -0.2) is 9.59 Å². The van der Waals surface area contributed by atoms with Gasteiger partial charge in [-0.3, -0.25) is 0 Å².